The van der Waals surface area contributed by atoms with Crippen LogP contribution in [0.5, 0.6) is 0 Å². The topological polar surface area (TPSA) is 73.8 Å². The Bertz CT molecular complexity index is 1350. The van der Waals surface area contributed by atoms with E-state index in [2.05, 4.69) is 15.2 Å². The van der Waals surface area contributed by atoms with Gasteiger partial charge >= 0.3 is 5.63 Å². The molecule has 29 heavy (non-hydrogen) atoms. The second-order valence-corrected chi connectivity index (χ2v) is 7.26. The standard InChI is InChI=1S/C22H14N4O2S/c27-21-19(14-16-6-4-5-9-18(16)28-21)29-22-25-24-20(15-10-12-23-13-11-15)26(22)17-7-2-1-3-8-17/h1-14H. The molecule has 0 fully saturated rings. The van der Waals surface area contributed by atoms with Gasteiger partial charge in [0, 0.05) is 29.0 Å². The van der Waals surface area contributed by atoms with Crippen LogP contribution in [0.25, 0.3) is 28.0 Å². The predicted molar refractivity (Wildman–Crippen MR) is 111 cm³/mol. The van der Waals surface area contributed by atoms with Gasteiger partial charge in [-0.15, -0.1) is 10.2 Å². The second-order valence-electron chi connectivity index (χ2n) is 6.25. The molecule has 0 saturated carbocycles. The quantitative estimate of drug-likeness (QED) is 0.412. The third-order valence-electron chi connectivity index (χ3n) is 4.40. The lowest BCUT2D eigenvalue weighted by Gasteiger charge is -2.10. The summed E-state index contributed by atoms with van der Waals surface area (Å²) in [6.45, 7) is 0. The van der Waals surface area contributed by atoms with Crippen molar-refractivity contribution in [2.45, 2.75) is 10.1 Å². The zero-order valence-electron chi connectivity index (χ0n) is 15.1. The first kappa shape index (κ1) is 17.4. The fraction of sp³-hybridized carbons (Fsp3) is 0. The molecule has 0 N–H and O–H groups in total. The van der Waals surface area contributed by atoms with E-state index in [1.54, 1.807) is 18.5 Å². The van der Waals surface area contributed by atoms with Gasteiger partial charge in [-0.25, -0.2) is 4.79 Å². The Morgan fingerprint density at radius 2 is 1.62 bits per heavy atom. The molecule has 0 saturated heterocycles. The van der Waals surface area contributed by atoms with Crippen LogP contribution in [0.1, 0.15) is 0 Å². The van der Waals surface area contributed by atoms with Crippen LogP contribution in [0.2, 0.25) is 0 Å². The zero-order valence-corrected chi connectivity index (χ0v) is 15.9. The van der Waals surface area contributed by atoms with Gasteiger partial charge < -0.3 is 4.42 Å². The highest BCUT2D eigenvalue weighted by molar-refractivity contribution is 7.99. The SMILES string of the molecule is O=c1oc2ccccc2cc1Sc1nnc(-c2ccncc2)n1-c1ccccc1. The van der Waals surface area contributed by atoms with Crippen LogP contribution >= 0.6 is 11.8 Å². The molecule has 5 aromatic rings. The van der Waals surface area contributed by atoms with Crippen molar-refractivity contribution in [1.29, 1.82) is 0 Å². The van der Waals surface area contributed by atoms with Crippen LogP contribution in [0, 0.1) is 0 Å². The molecule has 0 aliphatic heterocycles. The molecule has 6 nitrogen and oxygen atoms in total. The molecule has 3 aromatic heterocycles. The monoisotopic (exact) mass is 398 g/mol. The molecular formula is C22H14N4O2S. The maximum atomic E-state index is 12.5. The maximum absolute atomic E-state index is 12.5. The molecule has 7 heteroatoms. The number of pyridine rings is 1. The molecule has 0 unspecified atom stereocenters. The number of rotatable bonds is 4. The largest absolute Gasteiger partial charge is 0.422 e. The fourth-order valence-corrected chi connectivity index (χ4v) is 3.92. The Balaban J connectivity index is 1.65. The van der Waals surface area contributed by atoms with Gasteiger partial charge in [0.25, 0.3) is 0 Å². The van der Waals surface area contributed by atoms with Gasteiger partial charge in [0.15, 0.2) is 5.82 Å². The van der Waals surface area contributed by atoms with Crippen LogP contribution in [-0.2, 0) is 0 Å². The van der Waals surface area contributed by atoms with E-state index in [1.165, 1.54) is 11.8 Å². The van der Waals surface area contributed by atoms with Gasteiger partial charge in [-0.3, -0.25) is 9.55 Å². The minimum atomic E-state index is -0.401. The van der Waals surface area contributed by atoms with Crippen molar-refractivity contribution in [3.8, 4) is 17.1 Å². The molecule has 0 aliphatic rings. The number of nitrogens with zero attached hydrogens (tertiary/aromatic N) is 4. The Morgan fingerprint density at radius 1 is 0.862 bits per heavy atom. The molecule has 0 bridgehead atoms. The molecular weight excluding hydrogens is 384 g/mol. The van der Waals surface area contributed by atoms with E-state index < -0.39 is 5.63 Å². The lowest BCUT2D eigenvalue weighted by molar-refractivity contribution is 0.543. The van der Waals surface area contributed by atoms with E-state index in [-0.39, 0.29) is 0 Å². The van der Waals surface area contributed by atoms with Gasteiger partial charge in [-0.2, -0.15) is 0 Å². The number of hydrogen-bond donors (Lipinski definition) is 0. The second kappa shape index (κ2) is 7.37. The van der Waals surface area contributed by atoms with Crippen molar-refractivity contribution in [2.75, 3.05) is 0 Å². The van der Waals surface area contributed by atoms with Crippen LogP contribution in [0.15, 0.2) is 104 Å². The third kappa shape index (κ3) is 3.32. The van der Waals surface area contributed by atoms with Crippen LogP contribution in [0.3, 0.4) is 0 Å². The highest BCUT2D eigenvalue weighted by Gasteiger charge is 2.18. The maximum Gasteiger partial charge on any atom is 0.350 e. The molecule has 0 aliphatic carbocycles. The van der Waals surface area contributed by atoms with Gasteiger partial charge in [-0.1, -0.05) is 36.4 Å². The van der Waals surface area contributed by atoms with E-state index in [0.717, 1.165) is 16.6 Å². The summed E-state index contributed by atoms with van der Waals surface area (Å²) in [4.78, 5) is 17.0. The summed E-state index contributed by atoms with van der Waals surface area (Å²) in [5.74, 6) is 0.672. The number of benzene rings is 2. The third-order valence-corrected chi connectivity index (χ3v) is 5.35. The Kier molecular flexibility index (Phi) is 4.42. The van der Waals surface area contributed by atoms with E-state index in [4.69, 9.17) is 4.42 Å². The molecule has 3 heterocycles. The van der Waals surface area contributed by atoms with Crippen molar-refractivity contribution in [3.05, 3.63) is 95.6 Å². The molecule has 140 valence electrons. The highest BCUT2D eigenvalue weighted by atomic mass is 32.2. The van der Waals surface area contributed by atoms with Crippen molar-refractivity contribution in [2.24, 2.45) is 0 Å². The van der Waals surface area contributed by atoms with Gasteiger partial charge in [0.05, 0.1) is 0 Å². The van der Waals surface area contributed by atoms with E-state index in [9.17, 15) is 4.79 Å². The normalized spacial score (nSPS) is 11.0. The average molecular weight is 398 g/mol. The van der Waals surface area contributed by atoms with E-state index in [0.29, 0.717) is 21.5 Å². The first-order chi connectivity index (χ1) is 14.3. The Morgan fingerprint density at radius 3 is 2.45 bits per heavy atom. The molecule has 0 atom stereocenters. The van der Waals surface area contributed by atoms with Crippen LogP contribution in [-0.4, -0.2) is 19.7 Å². The zero-order chi connectivity index (χ0) is 19.6. The van der Waals surface area contributed by atoms with Crippen molar-refractivity contribution in [3.63, 3.8) is 0 Å². The summed E-state index contributed by atoms with van der Waals surface area (Å²) in [6, 6.07) is 22.8. The van der Waals surface area contributed by atoms with Crippen molar-refractivity contribution < 1.29 is 4.42 Å². The van der Waals surface area contributed by atoms with E-state index in [1.807, 2.05) is 71.3 Å². The number of aromatic nitrogens is 4. The molecule has 2 aromatic carbocycles. The van der Waals surface area contributed by atoms with E-state index >= 15 is 0 Å². The van der Waals surface area contributed by atoms with Crippen molar-refractivity contribution >= 4 is 22.7 Å². The molecule has 0 amide bonds. The summed E-state index contributed by atoms with van der Waals surface area (Å²) >= 11 is 1.23. The lowest BCUT2D eigenvalue weighted by atomic mass is 10.2. The fourth-order valence-electron chi connectivity index (χ4n) is 3.05. The first-order valence-corrected chi connectivity index (χ1v) is 9.73. The summed E-state index contributed by atoms with van der Waals surface area (Å²) in [6.07, 6.45) is 3.42. The summed E-state index contributed by atoms with van der Waals surface area (Å²) in [5, 5.41) is 10.2. The average Bonchev–Trinajstić information content (AvgIpc) is 3.19. The smallest absolute Gasteiger partial charge is 0.350 e. The van der Waals surface area contributed by atoms with Gasteiger partial charge in [-0.05, 0) is 48.2 Å². The number of fused-ring (bicyclic) bond motifs is 1. The highest BCUT2D eigenvalue weighted by Crippen LogP contribution is 2.31. The van der Waals surface area contributed by atoms with Crippen LogP contribution in [0.4, 0.5) is 0 Å². The van der Waals surface area contributed by atoms with Gasteiger partial charge in [0.1, 0.15) is 10.5 Å². The minimum absolute atomic E-state index is 0.401. The first-order valence-electron chi connectivity index (χ1n) is 8.91. The molecule has 0 spiro atoms. The summed E-state index contributed by atoms with van der Waals surface area (Å²) < 4.78 is 7.39. The number of para-hydroxylation sites is 2. The summed E-state index contributed by atoms with van der Waals surface area (Å²) in [5.41, 5.74) is 1.94. The number of hydrogen-bond acceptors (Lipinski definition) is 6. The lowest BCUT2D eigenvalue weighted by Crippen LogP contribution is -2.04. The van der Waals surface area contributed by atoms with Gasteiger partial charge in [0.2, 0.25) is 5.16 Å². The molecule has 5 rings (SSSR count). The van der Waals surface area contributed by atoms with Crippen molar-refractivity contribution in [1.82, 2.24) is 19.7 Å². The predicted octanol–water partition coefficient (Wildman–Crippen LogP) is 4.59. The minimum Gasteiger partial charge on any atom is -0.422 e. The molecule has 0 radical (unpaired) electrons. The Labute approximate surface area is 169 Å². The van der Waals surface area contributed by atoms with Crippen LogP contribution < -0.4 is 5.63 Å². The summed E-state index contributed by atoms with van der Waals surface area (Å²) in [7, 11) is 0. The Hall–Kier alpha value is -3.71.